The van der Waals surface area contributed by atoms with Gasteiger partial charge in [0.1, 0.15) is 5.75 Å². The third-order valence-corrected chi connectivity index (χ3v) is 4.15. The predicted octanol–water partition coefficient (Wildman–Crippen LogP) is 3.14. The summed E-state index contributed by atoms with van der Waals surface area (Å²) in [6.07, 6.45) is 1.77. The number of rotatable bonds is 2. The van der Waals surface area contributed by atoms with Crippen LogP contribution in [0.15, 0.2) is 42.5 Å². The van der Waals surface area contributed by atoms with E-state index in [2.05, 4.69) is 12.1 Å². The largest absolute Gasteiger partial charge is 0.492 e. The summed E-state index contributed by atoms with van der Waals surface area (Å²) in [6.45, 7) is 0.695. The Morgan fingerprint density at radius 1 is 1.05 bits per heavy atom. The summed E-state index contributed by atoms with van der Waals surface area (Å²) in [5.41, 5.74) is 4.41. The molecule has 2 nitrogen and oxygen atoms in total. The van der Waals surface area contributed by atoms with E-state index in [9.17, 15) is 4.79 Å². The molecular weight excluding hydrogens is 236 g/mol. The fourth-order valence-corrected chi connectivity index (χ4v) is 3.09. The molecular formula is C17H14O2. The molecule has 1 heterocycles. The first kappa shape index (κ1) is 10.8. The summed E-state index contributed by atoms with van der Waals surface area (Å²) in [6, 6.07) is 14.1. The maximum absolute atomic E-state index is 12.7. The topological polar surface area (TPSA) is 26.3 Å². The lowest BCUT2D eigenvalue weighted by atomic mass is 9.73. The van der Waals surface area contributed by atoms with E-state index in [-0.39, 0.29) is 11.7 Å². The number of ether oxygens (including phenoxy) is 1. The van der Waals surface area contributed by atoms with Crippen molar-refractivity contribution in [1.29, 1.82) is 0 Å². The highest BCUT2D eigenvalue weighted by Crippen LogP contribution is 2.40. The molecule has 0 spiro atoms. The van der Waals surface area contributed by atoms with Crippen molar-refractivity contribution in [2.75, 3.05) is 6.61 Å². The molecule has 1 aliphatic carbocycles. The van der Waals surface area contributed by atoms with Crippen molar-refractivity contribution in [3.63, 3.8) is 0 Å². The molecule has 0 N–H and O–H groups in total. The van der Waals surface area contributed by atoms with E-state index in [0.717, 1.165) is 24.2 Å². The van der Waals surface area contributed by atoms with Crippen molar-refractivity contribution in [3.8, 4) is 5.75 Å². The fraction of sp³-hybridized carbons (Fsp3) is 0.235. The average Bonchev–Trinajstić information content (AvgIpc) is 2.88. The van der Waals surface area contributed by atoms with Gasteiger partial charge in [0.05, 0.1) is 18.1 Å². The molecule has 2 heteroatoms. The van der Waals surface area contributed by atoms with Gasteiger partial charge in [-0.2, -0.15) is 0 Å². The zero-order chi connectivity index (χ0) is 12.8. The van der Waals surface area contributed by atoms with Crippen LogP contribution in [0.1, 0.15) is 33.0 Å². The highest BCUT2D eigenvalue weighted by atomic mass is 16.5. The Kier molecular flexibility index (Phi) is 2.25. The van der Waals surface area contributed by atoms with Crippen LogP contribution in [-0.2, 0) is 12.8 Å². The summed E-state index contributed by atoms with van der Waals surface area (Å²) >= 11 is 0. The average molecular weight is 250 g/mol. The fourth-order valence-electron chi connectivity index (χ4n) is 3.09. The zero-order valence-electron chi connectivity index (χ0n) is 10.6. The molecule has 0 amide bonds. The number of carbonyl (C=O) groups is 1. The number of hydrogen-bond acceptors (Lipinski definition) is 2. The molecule has 2 aliphatic rings. The van der Waals surface area contributed by atoms with Crippen LogP contribution >= 0.6 is 0 Å². The summed E-state index contributed by atoms with van der Waals surface area (Å²) in [5.74, 6) is 1.04. The van der Waals surface area contributed by atoms with Crippen molar-refractivity contribution in [2.24, 2.45) is 0 Å². The normalized spacial score (nSPS) is 19.1. The van der Waals surface area contributed by atoms with Gasteiger partial charge in [0, 0.05) is 6.42 Å². The van der Waals surface area contributed by atoms with E-state index in [1.54, 1.807) is 0 Å². The van der Waals surface area contributed by atoms with Gasteiger partial charge < -0.3 is 4.74 Å². The molecule has 2 aromatic carbocycles. The third-order valence-electron chi connectivity index (χ3n) is 4.15. The van der Waals surface area contributed by atoms with E-state index in [1.165, 1.54) is 16.7 Å². The lowest BCUT2D eigenvalue weighted by molar-refractivity contribution is 0.0946. The highest BCUT2D eigenvalue weighted by molar-refractivity contribution is 6.05. The van der Waals surface area contributed by atoms with E-state index in [1.807, 2.05) is 30.3 Å². The standard InChI is InChI=1S/C17H14O2/c18-16(15-10-12-4-1-2-6-13(12)15)14-7-3-5-11-8-9-19-17(11)14/h1-7,15H,8-10H2. The first-order valence-corrected chi connectivity index (χ1v) is 6.71. The molecule has 19 heavy (non-hydrogen) atoms. The lowest BCUT2D eigenvalue weighted by Gasteiger charge is -2.29. The van der Waals surface area contributed by atoms with Crippen LogP contribution in [0.25, 0.3) is 0 Å². The predicted molar refractivity (Wildman–Crippen MR) is 72.9 cm³/mol. The first-order valence-electron chi connectivity index (χ1n) is 6.71. The quantitative estimate of drug-likeness (QED) is 0.765. The molecule has 94 valence electrons. The summed E-state index contributed by atoms with van der Waals surface area (Å²) in [4.78, 5) is 12.7. The number of hydrogen-bond donors (Lipinski definition) is 0. The molecule has 0 saturated heterocycles. The third kappa shape index (κ3) is 1.53. The van der Waals surface area contributed by atoms with Crippen LogP contribution in [-0.4, -0.2) is 12.4 Å². The lowest BCUT2D eigenvalue weighted by Crippen LogP contribution is -2.25. The van der Waals surface area contributed by atoms with E-state index in [0.29, 0.717) is 6.61 Å². The van der Waals surface area contributed by atoms with Crippen LogP contribution in [0.5, 0.6) is 5.75 Å². The second kappa shape index (κ2) is 3.95. The maximum Gasteiger partial charge on any atom is 0.174 e. The molecule has 0 bridgehead atoms. The van der Waals surface area contributed by atoms with Crippen molar-refractivity contribution in [2.45, 2.75) is 18.8 Å². The van der Waals surface area contributed by atoms with Gasteiger partial charge in [-0.3, -0.25) is 4.79 Å². The molecule has 0 saturated carbocycles. The number of ketones is 1. The Bertz CT molecular complexity index is 673. The van der Waals surface area contributed by atoms with Crippen molar-refractivity contribution in [3.05, 3.63) is 64.7 Å². The minimum absolute atomic E-state index is 0.0203. The van der Waals surface area contributed by atoms with Crippen molar-refractivity contribution >= 4 is 5.78 Å². The molecule has 1 aliphatic heterocycles. The maximum atomic E-state index is 12.7. The van der Waals surface area contributed by atoms with E-state index >= 15 is 0 Å². The monoisotopic (exact) mass is 250 g/mol. The summed E-state index contributed by atoms with van der Waals surface area (Å²) in [5, 5.41) is 0. The van der Waals surface area contributed by atoms with Gasteiger partial charge >= 0.3 is 0 Å². The zero-order valence-corrected chi connectivity index (χ0v) is 10.6. The van der Waals surface area contributed by atoms with Gasteiger partial charge in [-0.25, -0.2) is 0 Å². The van der Waals surface area contributed by atoms with Gasteiger partial charge in [-0.15, -0.1) is 0 Å². The molecule has 2 aromatic rings. The first-order chi connectivity index (χ1) is 9.34. The smallest absolute Gasteiger partial charge is 0.174 e. The molecule has 1 unspecified atom stereocenters. The van der Waals surface area contributed by atoms with Gasteiger partial charge in [-0.05, 0) is 29.2 Å². The van der Waals surface area contributed by atoms with Crippen LogP contribution in [0.3, 0.4) is 0 Å². The molecule has 0 aromatic heterocycles. The van der Waals surface area contributed by atoms with Crippen LogP contribution < -0.4 is 4.74 Å². The number of Topliss-reactive ketones (excluding diaryl/α,β-unsaturated/α-hetero) is 1. The Labute approximate surface area is 112 Å². The molecule has 0 radical (unpaired) electrons. The Hall–Kier alpha value is -2.09. The molecule has 1 atom stereocenters. The van der Waals surface area contributed by atoms with Crippen molar-refractivity contribution in [1.82, 2.24) is 0 Å². The number of carbonyl (C=O) groups excluding carboxylic acids is 1. The van der Waals surface area contributed by atoms with Gasteiger partial charge in [0.25, 0.3) is 0 Å². The Morgan fingerprint density at radius 2 is 1.89 bits per heavy atom. The van der Waals surface area contributed by atoms with E-state index < -0.39 is 0 Å². The Morgan fingerprint density at radius 3 is 2.79 bits per heavy atom. The van der Waals surface area contributed by atoms with E-state index in [4.69, 9.17) is 4.74 Å². The van der Waals surface area contributed by atoms with Gasteiger partial charge in [0.15, 0.2) is 5.78 Å². The number of benzene rings is 2. The minimum Gasteiger partial charge on any atom is -0.492 e. The van der Waals surface area contributed by atoms with Gasteiger partial charge in [-0.1, -0.05) is 36.4 Å². The van der Waals surface area contributed by atoms with Crippen LogP contribution in [0.2, 0.25) is 0 Å². The Balaban J connectivity index is 1.72. The summed E-state index contributed by atoms with van der Waals surface area (Å²) < 4.78 is 5.64. The van der Waals surface area contributed by atoms with Crippen molar-refractivity contribution < 1.29 is 9.53 Å². The number of para-hydroxylation sites is 1. The number of fused-ring (bicyclic) bond motifs is 2. The van der Waals surface area contributed by atoms with Gasteiger partial charge in [0.2, 0.25) is 0 Å². The molecule has 0 fully saturated rings. The second-order valence-corrected chi connectivity index (χ2v) is 5.21. The molecule has 4 rings (SSSR count). The van der Waals surface area contributed by atoms with Crippen LogP contribution in [0, 0.1) is 0 Å². The second-order valence-electron chi connectivity index (χ2n) is 5.21. The summed E-state index contributed by atoms with van der Waals surface area (Å²) in [7, 11) is 0. The SMILES string of the molecule is O=C(c1cccc2c1OCC2)C1Cc2ccccc21. The minimum atomic E-state index is 0.0203. The highest BCUT2D eigenvalue weighted by Gasteiger charge is 2.34. The van der Waals surface area contributed by atoms with Crippen LogP contribution in [0.4, 0.5) is 0 Å².